The lowest BCUT2D eigenvalue weighted by molar-refractivity contribution is -0.117. The Hall–Kier alpha value is -2.11. The normalized spacial score (nSPS) is 17.5. The van der Waals surface area contributed by atoms with Gasteiger partial charge in [0.25, 0.3) is 0 Å². The summed E-state index contributed by atoms with van der Waals surface area (Å²) in [5.41, 5.74) is 1.23. The van der Waals surface area contributed by atoms with Crippen molar-refractivity contribution in [3.05, 3.63) is 58.9 Å². The summed E-state index contributed by atoms with van der Waals surface area (Å²) in [6.45, 7) is 1.03. The summed E-state index contributed by atoms with van der Waals surface area (Å²) >= 11 is 5.86. The molecule has 1 unspecified atom stereocenters. The second-order valence-electron chi connectivity index (χ2n) is 6.08. The molecule has 6 heteroatoms. The van der Waals surface area contributed by atoms with Crippen molar-refractivity contribution in [3.8, 4) is 5.75 Å². The van der Waals surface area contributed by atoms with Crippen LogP contribution >= 0.6 is 11.6 Å². The third-order valence-electron chi connectivity index (χ3n) is 4.39. The lowest BCUT2D eigenvalue weighted by Gasteiger charge is -2.24. The van der Waals surface area contributed by atoms with Crippen molar-refractivity contribution in [1.29, 1.82) is 0 Å². The summed E-state index contributed by atoms with van der Waals surface area (Å²) in [7, 11) is 1.64. The summed E-state index contributed by atoms with van der Waals surface area (Å²) in [5.74, 6) is 0.0503. The highest BCUT2D eigenvalue weighted by Crippen LogP contribution is 2.33. The first-order valence-corrected chi connectivity index (χ1v) is 8.57. The number of hydrogen-bond donors (Lipinski definition) is 1. The first kappa shape index (κ1) is 17.7. The maximum Gasteiger partial charge on any atom is 0.238 e. The number of ether oxygens (including phenoxy) is 1. The molecule has 0 radical (unpaired) electrons. The smallest absolute Gasteiger partial charge is 0.238 e. The van der Waals surface area contributed by atoms with E-state index >= 15 is 0 Å². The van der Waals surface area contributed by atoms with Crippen LogP contribution in [0.15, 0.2) is 42.5 Å². The molecule has 0 aliphatic carbocycles. The van der Waals surface area contributed by atoms with E-state index in [0.717, 1.165) is 30.7 Å². The number of carbonyl (C=O) groups is 1. The Kier molecular flexibility index (Phi) is 5.56. The van der Waals surface area contributed by atoms with Gasteiger partial charge in [0.15, 0.2) is 0 Å². The highest BCUT2D eigenvalue weighted by molar-refractivity contribution is 6.30. The number of likely N-dealkylation sites (tertiary alicyclic amines) is 1. The standard InChI is InChI=1S/C19H20ClFN2O2/c1-25-15-5-2-4-13(10-15)18-6-3-9-23(18)12-19(24)22-17-11-14(20)7-8-16(17)21/h2,4-5,7-8,10-11,18H,3,6,9,12H2,1H3,(H,22,24). The van der Waals surface area contributed by atoms with Crippen molar-refractivity contribution >= 4 is 23.2 Å². The number of amides is 1. The zero-order chi connectivity index (χ0) is 17.8. The Morgan fingerprint density at radius 3 is 3.00 bits per heavy atom. The molecule has 2 aromatic rings. The predicted molar refractivity (Wildman–Crippen MR) is 96.6 cm³/mol. The lowest BCUT2D eigenvalue weighted by atomic mass is 10.0. The van der Waals surface area contributed by atoms with Gasteiger partial charge in [-0.1, -0.05) is 23.7 Å². The number of nitrogens with one attached hydrogen (secondary N) is 1. The molecule has 3 rings (SSSR count). The van der Waals surface area contributed by atoms with Crippen LogP contribution in [0.25, 0.3) is 0 Å². The molecule has 0 bridgehead atoms. The number of anilines is 1. The van der Waals surface area contributed by atoms with E-state index in [0.29, 0.717) is 5.02 Å². The molecular formula is C19H20ClFN2O2. The number of benzene rings is 2. The minimum atomic E-state index is -0.497. The van der Waals surface area contributed by atoms with E-state index in [9.17, 15) is 9.18 Å². The molecule has 1 fully saturated rings. The number of nitrogens with zero attached hydrogens (tertiary/aromatic N) is 1. The average molecular weight is 363 g/mol. The molecule has 0 aromatic heterocycles. The van der Waals surface area contributed by atoms with Gasteiger partial charge in [0.2, 0.25) is 5.91 Å². The van der Waals surface area contributed by atoms with Crippen molar-refractivity contribution in [2.75, 3.05) is 25.5 Å². The van der Waals surface area contributed by atoms with Crippen LogP contribution in [0, 0.1) is 5.82 Å². The van der Waals surface area contributed by atoms with Gasteiger partial charge in [-0.2, -0.15) is 0 Å². The number of rotatable bonds is 5. The molecule has 1 saturated heterocycles. The predicted octanol–water partition coefficient (Wildman–Crippen LogP) is 4.26. The van der Waals surface area contributed by atoms with Crippen LogP contribution < -0.4 is 10.1 Å². The zero-order valence-corrected chi connectivity index (χ0v) is 14.7. The topological polar surface area (TPSA) is 41.6 Å². The van der Waals surface area contributed by atoms with E-state index in [1.807, 2.05) is 24.3 Å². The van der Waals surface area contributed by atoms with Crippen molar-refractivity contribution in [2.24, 2.45) is 0 Å². The fourth-order valence-corrected chi connectivity index (χ4v) is 3.38. The van der Waals surface area contributed by atoms with E-state index in [2.05, 4.69) is 10.2 Å². The van der Waals surface area contributed by atoms with Gasteiger partial charge in [-0.3, -0.25) is 9.69 Å². The van der Waals surface area contributed by atoms with E-state index in [1.165, 1.54) is 18.2 Å². The zero-order valence-electron chi connectivity index (χ0n) is 14.0. The largest absolute Gasteiger partial charge is 0.497 e. The Balaban J connectivity index is 1.68. The molecule has 132 valence electrons. The quantitative estimate of drug-likeness (QED) is 0.863. The molecule has 1 N–H and O–H groups in total. The van der Waals surface area contributed by atoms with Gasteiger partial charge in [0.05, 0.1) is 19.3 Å². The third kappa shape index (κ3) is 4.30. The van der Waals surface area contributed by atoms with E-state index in [1.54, 1.807) is 7.11 Å². The molecule has 25 heavy (non-hydrogen) atoms. The number of halogens is 2. The molecule has 0 saturated carbocycles. The van der Waals surface area contributed by atoms with Crippen LogP contribution in [-0.2, 0) is 4.79 Å². The highest BCUT2D eigenvalue weighted by Gasteiger charge is 2.28. The van der Waals surface area contributed by atoms with Gasteiger partial charge >= 0.3 is 0 Å². The molecule has 1 heterocycles. The fraction of sp³-hybridized carbons (Fsp3) is 0.316. The van der Waals surface area contributed by atoms with Gasteiger partial charge in [-0.15, -0.1) is 0 Å². The van der Waals surface area contributed by atoms with Crippen molar-refractivity contribution in [3.63, 3.8) is 0 Å². The summed E-state index contributed by atoms with van der Waals surface area (Å²) in [6, 6.07) is 12.2. The Morgan fingerprint density at radius 2 is 2.20 bits per heavy atom. The first-order chi connectivity index (χ1) is 12.1. The maximum atomic E-state index is 13.8. The first-order valence-electron chi connectivity index (χ1n) is 8.19. The van der Waals surface area contributed by atoms with Crippen LogP contribution in [0.4, 0.5) is 10.1 Å². The van der Waals surface area contributed by atoms with Gasteiger partial charge < -0.3 is 10.1 Å². The third-order valence-corrected chi connectivity index (χ3v) is 4.63. The molecular weight excluding hydrogens is 343 g/mol. The molecule has 1 aliphatic rings. The fourth-order valence-electron chi connectivity index (χ4n) is 3.21. The molecule has 1 amide bonds. The molecule has 2 aromatic carbocycles. The number of hydrogen-bond acceptors (Lipinski definition) is 3. The van der Waals surface area contributed by atoms with Crippen LogP contribution in [0.5, 0.6) is 5.75 Å². The highest BCUT2D eigenvalue weighted by atomic mass is 35.5. The summed E-state index contributed by atoms with van der Waals surface area (Å²) in [6.07, 6.45) is 1.99. The Morgan fingerprint density at radius 1 is 1.36 bits per heavy atom. The molecule has 1 atom stereocenters. The van der Waals surface area contributed by atoms with E-state index in [4.69, 9.17) is 16.3 Å². The second-order valence-corrected chi connectivity index (χ2v) is 6.51. The van der Waals surface area contributed by atoms with E-state index < -0.39 is 5.82 Å². The SMILES string of the molecule is COc1cccc(C2CCCN2CC(=O)Nc2cc(Cl)ccc2F)c1. The number of methoxy groups -OCH3 is 1. The van der Waals surface area contributed by atoms with Gasteiger partial charge in [0, 0.05) is 11.1 Å². The van der Waals surface area contributed by atoms with Crippen LogP contribution in [0.1, 0.15) is 24.4 Å². The van der Waals surface area contributed by atoms with Gasteiger partial charge in [-0.05, 0) is 55.3 Å². The minimum Gasteiger partial charge on any atom is -0.497 e. The minimum absolute atomic E-state index is 0.106. The maximum absolute atomic E-state index is 13.8. The molecule has 1 aliphatic heterocycles. The number of carbonyl (C=O) groups excluding carboxylic acids is 1. The Labute approximate surface area is 151 Å². The van der Waals surface area contributed by atoms with Crippen LogP contribution in [0.2, 0.25) is 5.02 Å². The van der Waals surface area contributed by atoms with Gasteiger partial charge in [0.1, 0.15) is 11.6 Å². The van der Waals surface area contributed by atoms with Crippen molar-refractivity contribution in [1.82, 2.24) is 4.90 Å². The van der Waals surface area contributed by atoms with Crippen LogP contribution in [-0.4, -0.2) is 31.0 Å². The second kappa shape index (κ2) is 7.85. The summed E-state index contributed by atoms with van der Waals surface area (Å²) in [5, 5.41) is 2.99. The summed E-state index contributed by atoms with van der Waals surface area (Å²) in [4.78, 5) is 14.4. The van der Waals surface area contributed by atoms with Crippen LogP contribution in [0.3, 0.4) is 0 Å². The van der Waals surface area contributed by atoms with Crippen molar-refractivity contribution < 1.29 is 13.9 Å². The Bertz CT molecular complexity index is 769. The van der Waals surface area contributed by atoms with Gasteiger partial charge in [-0.25, -0.2) is 4.39 Å². The lowest BCUT2D eigenvalue weighted by Crippen LogP contribution is -2.33. The monoisotopic (exact) mass is 362 g/mol. The average Bonchev–Trinajstić information content (AvgIpc) is 3.06. The van der Waals surface area contributed by atoms with Crippen molar-refractivity contribution in [2.45, 2.75) is 18.9 Å². The van der Waals surface area contributed by atoms with E-state index in [-0.39, 0.29) is 24.2 Å². The molecule has 0 spiro atoms. The molecule has 4 nitrogen and oxygen atoms in total. The summed E-state index contributed by atoms with van der Waals surface area (Å²) < 4.78 is 19.0.